The molecular weight excluding hydrogens is 352 g/mol. The maximum absolute atomic E-state index is 6.00. The molecule has 1 saturated heterocycles. The van der Waals surface area contributed by atoms with Gasteiger partial charge in [0, 0.05) is 75.2 Å². The number of pyridine rings is 2. The Morgan fingerprint density at radius 2 is 1.93 bits per heavy atom. The second kappa shape index (κ2) is 8.41. The Balaban J connectivity index is 1.46. The summed E-state index contributed by atoms with van der Waals surface area (Å²) >= 11 is 0. The Morgan fingerprint density at radius 1 is 1.07 bits per heavy atom. The van der Waals surface area contributed by atoms with E-state index in [2.05, 4.69) is 41.9 Å². The van der Waals surface area contributed by atoms with Crippen molar-refractivity contribution in [1.29, 1.82) is 0 Å². The summed E-state index contributed by atoms with van der Waals surface area (Å²) in [7, 11) is 4.05. The molecule has 1 fully saturated rings. The minimum Gasteiger partial charge on any atom is -0.369 e. The minimum atomic E-state index is -0.0331. The van der Waals surface area contributed by atoms with Gasteiger partial charge in [-0.05, 0) is 12.1 Å². The first-order valence-electron chi connectivity index (χ1n) is 9.37. The monoisotopic (exact) mass is 376 g/mol. The highest BCUT2D eigenvalue weighted by Gasteiger charge is 2.24. The molecule has 4 heterocycles. The highest BCUT2D eigenvalue weighted by atomic mass is 16.5. The maximum atomic E-state index is 6.00. The van der Waals surface area contributed by atoms with Crippen molar-refractivity contribution in [2.24, 2.45) is 0 Å². The van der Waals surface area contributed by atoms with E-state index in [1.807, 2.05) is 38.6 Å². The van der Waals surface area contributed by atoms with Crippen molar-refractivity contribution < 1.29 is 4.74 Å². The highest BCUT2D eigenvalue weighted by Crippen LogP contribution is 2.25. The van der Waals surface area contributed by atoms with Crippen LogP contribution in [0.25, 0.3) is 11.1 Å². The standard InChI is InChI=1S/C21H24N6O/c1-26(2)21-17(4-3-7-24-21)13-27-8-9-28-20(14-27)19-6-5-16(12-25-19)18-10-22-15-23-11-18/h3-7,10-12,15,20H,8-9,13-14H2,1-2H3/t20-/m0/s1. The Hall–Kier alpha value is -2.90. The zero-order chi connectivity index (χ0) is 19.3. The van der Waals surface area contributed by atoms with Crippen LogP contribution in [0.1, 0.15) is 17.4 Å². The summed E-state index contributed by atoms with van der Waals surface area (Å²) in [5.74, 6) is 1.01. The highest BCUT2D eigenvalue weighted by molar-refractivity contribution is 5.60. The van der Waals surface area contributed by atoms with Crippen molar-refractivity contribution in [1.82, 2.24) is 24.8 Å². The Kier molecular flexibility index (Phi) is 5.55. The molecule has 0 bridgehead atoms. The number of hydrogen-bond donors (Lipinski definition) is 0. The molecule has 0 saturated carbocycles. The second-order valence-corrected chi connectivity index (χ2v) is 7.07. The third-order valence-electron chi connectivity index (χ3n) is 4.85. The number of nitrogens with zero attached hydrogens (tertiary/aromatic N) is 6. The Morgan fingerprint density at radius 3 is 2.68 bits per heavy atom. The fourth-order valence-corrected chi connectivity index (χ4v) is 3.44. The third-order valence-corrected chi connectivity index (χ3v) is 4.85. The van der Waals surface area contributed by atoms with E-state index in [0.29, 0.717) is 6.61 Å². The molecule has 0 spiro atoms. The summed E-state index contributed by atoms with van der Waals surface area (Å²) in [5, 5.41) is 0. The van der Waals surface area contributed by atoms with Gasteiger partial charge in [-0.25, -0.2) is 15.0 Å². The first kappa shape index (κ1) is 18.5. The zero-order valence-electron chi connectivity index (χ0n) is 16.2. The van der Waals surface area contributed by atoms with Gasteiger partial charge in [-0.2, -0.15) is 0 Å². The first-order valence-corrected chi connectivity index (χ1v) is 9.37. The van der Waals surface area contributed by atoms with Gasteiger partial charge in [-0.1, -0.05) is 12.1 Å². The molecule has 0 radical (unpaired) electrons. The van der Waals surface area contributed by atoms with Crippen LogP contribution in [0.3, 0.4) is 0 Å². The SMILES string of the molecule is CN(C)c1ncccc1CN1CCO[C@H](c2ccc(-c3cncnc3)cn2)C1. The van der Waals surface area contributed by atoms with Crippen LogP contribution in [0.15, 0.2) is 55.4 Å². The third kappa shape index (κ3) is 4.16. The number of morpholine rings is 1. The fraction of sp³-hybridized carbons (Fsp3) is 0.333. The van der Waals surface area contributed by atoms with Crippen LogP contribution < -0.4 is 4.90 Å². The lowest BCUT2D eigenvalue weighted by atomic mass is 10.1. The molecule has 0 amide bonds. The van der Waals surface area contributed by atoms with Gasteiger partial charge in [0.2, 0.25) is 0 Å². The molecule has 28 heavy (non-hydrogen) atoms. The molecule has 0 aliphatic carbocycles. The molecule has 0 aromatic carbocycles. The van der Waals surface area contributed by atoms with Gasteiger partial charge in [0.1, 0.15) is 18.2 Å². The van der Waals surface area contributed by atoms with Gasteiger partial charge in [0.25, 0.3) is 0 Å². The zero-order valence-corrected chi connectivity index (χ0v) is 16.2. The number of ether oxygens (including phenoxy) is 1. The summed E-state index contributed by atoms with van der Waals surface area (Å²) < 4.78 is 6.00. The van der Waals surface area contributed by atoms with Crippen molar-refractivity contribution >= 4 is 5.82 Å². The molecule has 7 heteroatoms. The Labute approximate surface area is 165 Å². The molecule has 4 rings (SSSR count). The molecular formula is C21H24N6O. The summed E-state index contributed by atoms with van der Waals surface area (Å²) in [6.45, 7) is 3.25. The van der Waals surface area contributed by atoms with Crippen LogP contribution in [0.5, 0.6) is 0 Å². The summed E-state index contributed by atoms with van der Waals surface area (Å²) in [5.41, 5.74) is 4.13. The molecule has 0 unspecified atom stereocenters. The normalized spacial score (nSPS) is 17.4. The summed E-state index contributed by atoms with van der Waals surface area (Å²) in [6.07, 6.45) is 8.78. The van der Waals surface area contributed by atoms with Crippen LogP contribution >= 0.6 is 0 Å². The first-order chi connectivity index (χ1) is 13.7. The van der Waals surface area contributed by atoms with E-state index in [0.717, 1.165) is 42.3 Å². The molecule has 1 atom stereocenters. The lowest BCUT2D eigenvalue weighted by molar-refractivity contribution is -0.0349. The van der Waals surface area contributed by atoms with Crippen molar-refractivity contribution in [2.75, 3.05) is 38.7 Å². The van der Waals surface area contributed by atoms with E-state index >= 15 is 0 Å². The van der Waals surface area contributed by atoms with Crippen LogP contribution in [0, 0.1) is 0 Å². The lowest BCUT2D eigenvalue weighted by Gasteiger charge is -2.33. The van der Waals surface area contributed by atoms with E-state index in [9.17, 15) is 0 Å². The molecule has 1 aliphatic rings. The maximum Gasteiger partial charge on any atom is 0.132 e. The predicted molar refractivity (Wildman–Crippen MR) is 108 cm³/mol. The van der Waals surface area contributed by atoms with Crippen molar-refractivity contribution in [3.8, 4) is 11.1 Å². The van der Waals surface area contributed by atoms with Crippen LogP contribution in [0.4, 0.5) is 5.82 Å². The Bertz CT molecular complexity index is 900. The van der Waals surface area contributed by atoms with Gasteiger partial charge >= 0.3 is 0 Å². The molecule has 3 aromatic rings. The number of aromatic nitrogens is 4. The van der Waals surface area contributed by atoms with E-state index in [1.54, 1.807) is 12.4 Å². The van der Waals surface area contributed by atoms with Gasteiger partial charge in [-0.3, -0.25) is 9.88 Å². The van der Waals surface area contributed by atoms with Gasteiger partial charge in [0.05, 0.1) is 12.3 Å². The van der Waals surface area contributed by atoms with Crippen molar-refractivity contribution in [3.05, 3.63) is 66.6 Å². The summed E-state index contributed by atoms with van der Waals surface area (Å²) in [6, 6.07) is 8.22. The average Bonchev–Trinajstić information content (AvgIpc) is 2.75. The smallest absolute Gasteiger partial charge is 0.132 e. The van der Waals surface area contributed by atoms with Gasteiger partial charge in [-0.15, -0.1) is 0 Å². The van der Waals surface area contributed by atoms with E-state index < -0.39 is 0 Å². The quantitative estimate of drug-likeness (QED) is 0.678. The largest absolute Gasteiger partial charge is 0.369 e. The molecule has 0 N–H and O–H groups in total. The molecule has 3 aromatic heterocycles. The minimum absolute atomic E-state index is 0.0331. The predicted octanol–water partition coefficient (Wildman–Crippen LogP) is 2.57. The van der Waals surface area contributed by atoms with Gasteiger partial charge in [0.15, 0.2) is 0 Å². The van der Waals surface area contributed by atoms with E-state index in [-0.39, 0.29) is 6.10 Å². The number of anilines is 1. The average molecular weight is 376 g/mol. The molecule has 7 nitrogen and oxygen atoms in total. The fourth-order valence-electron chi connectivity index (χ4n) is 3.44. The summed E-state index contributed by atoms with van der Waals surface area (Å²) in [4.78, 5) is 21.7. The van der Waals surface area contributed by atoms with Crippen molar-refractivity contribution in [2.45, 2.75) is 12.6 Å². The lowest BCUT2D eigenvalue weighted by Crippen LogP contribution is -2.38. The van der Waals surface area contributed by atoms with Crippen molar-refractivity contribution in [3.63, 3.8) is 0 Å². The van der Waals surface area contributed by atoms with E-state index in [4.69, 9.17) is 4.74 Å². The van der Waals surface area contributed by atoms with Crippen LogP contribution in [0.2, 0.25) is 0 Å². The number of hydrogen-bond acceptors (Lipinski definition) is 7. The van der Waals surface area contributed by atoms with Crippen LogP contribution in [-0.2, 0) is 11.3 Å². The molecule has 1 aliphatic heterocycles. The topological polar surface area (TPSA) is 67.3 Å². The van der Waals surface area contributed by atoms with Gasteiger partial charge < -0.3 is 9.64 Å². The number of rotatable bonds is 5. The van der Waals surface area contributed by atoms with Crippen LogP contribution in [-0.4, -0.2) is 58.6 Å². The molecule has 144 valence electrons. The second-order valence-electron chi connectivity index (χ2n) is 7.07. The van der Waals surface area contributed by atoms with E-state index in [1.165, 1.54) is 11.9 Å².